The number of carboxylic acids is 2. The number of halogens is 6. The Hall–Kier alpha value is -3.72. The summed E-state index contributed by atoms with van der Waals surface area (Å²) < 4.78 is 38.1. The van der Waals surface area contributed by atoms with E-state index in [1.807, 2.05) is 6.26 Å². The smallest absolute Gasteiger partial charge is 0.319 e. The molecule has 6 atom stereocenters. The zero-order chi connectivity index (χ0) is 82.9. The van der Waals surface area contributed by atoms with Crippen LogP contribution in [0.3, 0.4) is 0 Å². The Labute approximate surface area is 709 Å². The van der Waals surface area contributed by atoms with E-state index in [1.54, 1.807) is 25.6 Å². The fourth-order valence-electron chi connectivity index (χ4n) is 9.72. The van der Waals surface area contributed by atoms with Crippen LogP contribution in [0.4, 0.5) is 0 Å². The summed E-state index contributed by atoms with van der Waals surface area (Å²) in [6.45, 7) is 25.3. The number of rotatable bonds is 25. The first-order valence-corrected chi connectivity index (χ1v) is 43.8. The van der Waals surface area contributed by atoms with Gasteiger partial charge in [0.25, 0.3) is 0 Å². The van der Waals surface area contributed by atoms with Gasteiger partial charge in [-0.05, 0) is 183 Å². The van der Waals surface area contributed by atoms with Crippen molar-refractivity contribution in [2.75, 3.05) is 83.6 Å². The van der Waals surface area contributed by atoms with E-state index in [-0.39, 0.29) is 114 Å². The van der Waals surface area contributed by atoms with E-state index in [4.69, 9.17) is 87.9 Å². The number of aliphatic imine (C=N–C) groups is 2. The van der Waals surface area contributed by atoms with E-state index >= 15 is 0 Å². The maximum atomic E-state index is 10.5. The van der Waals surface area contributed by atoms with Crippen molar-refractivity contribution in [1.29, 1.82) is 0 Å². The van der Waals surface area contributed by atoms with Crippen molar-refractivity contribution in [3.8, 4) is 0 Å². The van der Waals surface area contributed by atoms with Gasteiger partial charge in [-0.25, -0.2) is 9.98 Å². The number of aliphatic carboxylic acids is 2. The van der Waals surface area contributed by atoms with Crippen LogP contribution in [-0.2, 0) is 66.7 Å². The fourth-order valence-corrected chi connectivity index (χ4v) is 16.1. The molecule has 6 aliphatic heterocycles. The standard InChI is InChI=1S/C31H37N2O2P.C13H23BrN2O2.C5H9BrO3.C5H7BrO3.C5H7BrO2.C5H10O2S.C5H8O2.C4H11NO.C3H6O2.CH2Cl2.2CH4/c1-30(2)22-34-28(32-30)21-20-27(29-33-31(3,4)23-35-29)36(24-14-8-5-9-15-24,25-16-10-6-11-17-25)26-18-12-7-13-19-26;1-12(2)7-17-10(15-12)6-5-9(14)11-16-13(3,4)8-18-11;2*6-4(5(8)9)2-1-3-7;6-4-2-1-3-8-5(4)7;1-5(6)3-7-4-8-2;6-5-3-1-2-4-7-5;1-4(2,5)3-6;1-3(5)2-4;2-1-3;;/h5-19,28,32H,20-23H2,1-4H3;9-10,15H,5-8H2,1-4H3;4,7H,1-3H2,(H,8,9);3-4H,1-2H2,(H,8,9);4H,1-3H2;3-4H2,1-2H3;1-4H2;6H,3,5H2,1-2H3;4H,2H2,1H3;1H2;2*1H4. The average Bonchev–Trinajstić information content (AvgIpc) is 1.59. The molecule has 0 spiro atoms. The molecule has 3 aromatic rings. The number of aldehydes is 1. The molecule has 9 rings (SSSR count). The van der Waals surface area contributed by atoms with Crippen molar-refractivity contribution < 1.29 is 92.3 Å². The summed E-state index contributed by atoms with van der Waals surface area (Å²) in [5, 5.41) is 53.4. The number of carbonyl (C=O) groups is 7. The molecule has 6 unspecified atom stereocenters. The number of ketones is 2. The van der Waals surface area contributed by atoms with Crippen molar-refractivity contribution in [2.45, 2.75) is 241 Å². The molecule has 6 heterocycles. The minimum absolute atomic E-state index is 0. The summed E-state index contributed by atoms with van der Waals surface area (Å²) in [4.78, 5) is 79.1. The van der Waals surface area contributed by atoms with Gasteiger partial charge in [-0.2, -0.15) is 0 Å². The minimum atomic E-state index is -2.28. The number of nitrogens with zero attached hydrogens (tertiary/aromatic N) is 2. The number of hydrogen-bond acceptors (Lipinski definition) is 23. The lowest BCUT2D eigenvalue weighted by Crippen LogP contribution is -2.39. The first-order valence-electron chi connectivity index (χ1n) is 35.9. The van der Waals surface area contributed by atoms with E-state index < -0.39 is 34.0 Å². The van der Waals surface area contributed by atoms with Gasteiger partial charge in [0, 0.05) is 41.4 Å². The molecule has 0 aliphatic carbocycles. The second-order valence-electron chi connectivity index (χ2n) is 28.7. The number of carbonyl (C=O) groups excluding carboxylic acids is 5. The highest BCUT2D eigenvalue weighted by molar-refractivity contribution is 9.10. The van der Waals surface area contributed by atoms with Crippen LogP contribution in [0.15, 0.2) is 101 Å². The van der Waals surface area contributed by atoms with Gasteiger partial charge in [-0.15, -0.1) is 35.0 Å². The molecule has 111 heavy (non-hydrogen) atoms. The first kappa shape index (κ1) is 111. The molecule has 0 radical (unpaired) electrons. The Morgan fingerprint density at radius 1 is 0.694 bits per heavy atom. The second-order valence-corrected chi connectivity index (χ2v) is 38.1. The van der Waals surface area contributed by atoms with Crippen LogP contribution < -0.4 is 32.3 Å². The Morgan fingerprint density at radius 3 is 1.46 bits per heavy atom. The fraction of sp³-hybridized carbons (Fsp3) is 0.646. The highest BCUT2D eigenvalue weighted by Gasteiger charge is 2.39. The molecule has 0 bridgehead atoms. The summed E-state index contributed by atoms with van der Waals surface area (Å²) in [5.41, 5.74) is 4.64. The van der Waals surface area contributed by atoms with Crippen molar-refractivity contribution in [3.63, 3.8) is 0 Å². The van der Waals surface area contributed by atoms with Gasteiger partial charge in [0.2, 0.25) is 5.90 Å². The highest BCUT2D eigenvalue weighted by atomic mass is 79.9. The lowest BCUT2D eigenvalue weighted by atomic mass is 10.1. The van der Waals surface area contributed by atoms with Gasteiger partial charge in [0.05, 0.1) is 60.2 Å². The van der Waals surface area contributed by atoms with E-state index in [0.717, 1.165) is 69.8 Å². The second kappa shape index (κ2) is 60.7. The molecule has 3 aromatic carbocycles. The van der Waals surface area contributed by atoms with Crippen LogP contribution in [-0.4, -0.2) is 227 Å². The number of aliphatic hydroxyl groups excluding tert-OH is 3. The van der Waals surface area contributed by atoms with Crippen LogP contribution in [0.2, 0.25) is 0 Å². The lowest BCUT2D eigenvalue weighted by molar-refractivity contribution is -0.147. The van der Waals surface area contributed by atoms with Crippen LogP contribution in [0.25, 0.3) is 0 Å². The topological polar surface area (TPSA) is 360 Å². The largest absolute Gasteiger partial charge is 0.480 e. The minimum Gasteiger partial charge on any atom is -0.480 e. The number of nitrogens with one attached hydrogen (secondary N) is 2. The van der Waals surface area contributed by atoms with Gasteiger partial charge in [0.15, 0.2) is 17.5 Å². The number of hydrogen-bond donors (Lipinski definition) is 8. The molecular weight excluding hydrogens is 1780 g/mol. The summed E-state index contributed by atoms with van der Waals surface area (Å²) in [5.74, 6) is 0.200. The molecular formula is C79H128Br4Cl2N5O19PS. The van der Waals surface area contributed by atoms with Crippen LogP contribution in [0.5, 0.6) is 0 Å². The normalized spacial score (nSPS) is 19.1. The van der Waals surface area contributed by atoms with Crippen molar-refractivity contribution >= 4 is 180 Å². The van der Waals surface area contributed by atoms with E-state index in [9.17, 15) is 33.6 Å². The molecule has 636 valence electrons. The molecule has 4 fully saturated rings. The quantitative estimate of drug-likeness (QED) is 0.00975. The highest BCUT2D eigenvalue weighted by Crippen LogP contribution is 2.48. The van der Waals surface area contributed by atoms with Crippen molar-refractivity contribution in [2.24, 2.45) is 15.7 Å². The molecule has 24 nitrogen and oxygen atoms in total. The number of nitrogens with two attached hydrogens (primary N) is 1. The SMILES string of the molecule is C.C.CC(=O)CO.CC(C)(N)CO.CC1(C)COC(C(Br)CCC2NC(C)(C)CO2)=N1.CC1(C)COC(C(CCC2NC(C)(C)CO2)=P(c2ccccc2)(c2ccccc2)c2ccccc2)=N1.CSCOCC(C)=O.ClCCl.O=C(O)C(Br)CCCO.O=C1CCCCO1.O=C1OCCCC1Br.O=CCCC(Br)C(=O)O. The third-order valence-electron chi connectivity index (χ3n) is 15.0. The number of esters is 2. The van der Waals surface area contributed by atoms with Crippen LogP contribution in [0.1, 0.15) is 181 Å². The Morgan fingerprint density at radius 2 is 1.14 bits per heavy atom. The number of ether oxygens (including phenoxy) is 7. The molecule has 0 saturated carbocycles. The summed E-state index contributed by atoms with van der Waals surface area (Å²) in [6.07, 6.45) is 12.7. The maximum absolute atomic E-state index is 10.5. The lowest BCUT2D eigenvalue weighted by Gasteiger charge is -2.33. The molecule has 0 amide bonds. The van der Waals surface area contributed by atoms with E-state index in [2.05, 4.69) is 230 Å². The number of cyclic esters (lactones) is 2. The predicted molar refractivity (Wildman–Crippen MR) is 468 cm³/mol. The zero-order valence-corrected chi connectivity index (χ0v) is 75.0. The monoisotopic (exact) mass is 1900 g/mol. The molecule has 4 saturated heterocycles. The van der Waals surface area contributed by atoms with Gasteiger partial charge >= 0.3 is 23.9 Å². The van der Waals surface area contributed by atoms with Gasteiger partial charge in [-0.1, -0.05) is 170 Å². The van der Waals surface area contributed by atoms with E-state index in [1.165, 1.54) is 35.1 Å². The number of Topliss-reactive ketones (excluding diaryl/α,β-unsaturated/α-hetero) is 2. The Balaban J connectivity index is -0.00000131. The maximum Gasteiger partial charge on any atom is 0.319 e. The number of alkyl halides is 6. The summed E-state index contributed by atoms with van der Waals surface area (Å²) in [6, 6.07) is 32.9. The van der Waals surface area contributed by atoms with E-state index in [0.29, 0.717) is 77.4 Å². The number of benzene rings is 3. The van der Waals surface area contributed by atoms with Crippen LogP contribution >= 0.6 is 106 Å². The average molecular weight is 1910 g/mol. The van der Waals surface area contributed by atoms with Crippen molar-refractivity contribution in [3.05, 3.63) is 91.0 Å². The third-order valence-corrected chi connectivity index (χ3v) is 23.2. The summed E-state index contributed by atoms with van der Waals surface area (Å²) in [7, 11) is 0. The Bertz CT molecular complexity index is 3110. The van der Waals surface area contributed by atoms with Gasteiger partial charge in [0.1, 0.15) is 59.7 Å². The molecule has 32 heteroatoms. The third kappa shape index (κ3) is 50.5. The van der Waals surface area contributed by atoms with Gasteiger partial charge in [-0.3, -0.25) is 39.4 Å². The number of aliphatic hydroxyl groups is 3. The first-order chi connectivity index (χ1) is 51.2. The molecule has 0 aromatic heterocycles. The Kier molecular flexibility index (Phi) is 61.0. The summed E-state index contributed by atoms with van der Waals surface area (Å²) >= 11 is 23.7. The van der Waals surface area contributed by atoms with Gasteiger partial charge < -0.3 is 69.2 Å². The van der Waals surface area contributed by atoms with Crippen molar-refractivity contribution in [1.82, 2.24) is 10.6 Å². The molecule has 6 aliphatic rings. The van der Waals surface area contributed by atoms with Crippen LogP contribution in [0, 0.1) is 0 Å². The molecule has 9 N–H and O–H groups in total. The predicted octanol–water partition coefficient (Wildman–Crippen LogP) is 13.4. The number of thioether (sulfide) groups is 1. The number of carboxylic acid groups (broad SMARTS) is 2. The zero-order valence-electron chi connectivity index (χ0n) is 65.4.